The van der Waals surface area contributed by atoms with Gasteiger partial charge in [0, 0.05) is 23.7 Å². The van der Waals surface area contributed by atoms with Gasteiger partial charge in [-0.1, -0.05) is 60.7 Å². The van der Waals surface area contributed by atoms with Crippen LogP contribution in [-0.2, 0) is 0 Å². The average Bonchev–Trinajstić information content (AvgIpc) is 2.87. The molecule has 1 aromatic heterocycles. The van der Waals surface area contributed by atoms with Crippen LogP contribution in [0.5, 0.6) is 0 Å². The van der Waals surface area contributed by atoms with Crippen molar-refractivity contribution in [2.75, 3.05) is 12.4 Å². The molecule has 0 atom stereocenters. The number of carbonyl (C=O) groups is 1. The summed E-state index contributed by atoms with van der Waals surface area (Å²) in [6, 6.07) is 29.3. The van der Waals surface area contributed by atoms with Gasteiger partial charge in [-0.3, -0.25) is 4.79 Å². The van der Waals surface area contributed by atoms with Crippen LogP contribution in [-0.4, -0.2) is 28.0 Å². The molecule has 0 aliphatic carbocycles. The Morgan fingerprint density at radius 3 is 1.94 bits per heavy atom. The van der Waals surface area contributed by atoms with Gasteiger partial charge in [0.25, 0.3) is 5.91 Å². The Morgan fingerprint density at radius 1 is 0.812 bits per heavy atom. The third-order valence-corrected chi connectivity index (χ3v) is 4.87. The van der Waals surface area contributed by atoms with E-state index in [0.29, 0.717) is 22.6 Å². The van der Waals surface area contributed by atoms with Crippen molar-refractivity contribution in [2.24, 2.45) is 0 Å². The van der Waals surface area contributed by atoms with Crippen molar-refractivity contribution >= 4 is 11.6 Å². The van der Waals surface area contributed by atoms with Crippen LogP contribution in [0.2, 0.25) is 0 Å². The van der Waals surface area contributed by atoms with E-state index in [9.17, 15) is 4.79 Å². The zero-order chi connectivity index (χ0) is 22.3. The molecule has 0 saturated carbocycles. The Hall–Kier alpha value is -4.63. The van der Waals surface area contributed by atoms with Crippen molar-refractivity contribution in [2.45, 2.75) is 0 Å². The number of hydrogen-bond acceptors (Lipinski definition) is 5. The van der Waals surface area contributed by atoms with Crippen LogP contribution in [0.3, 0.4) is 0 Å². The number of carbonyl (C=O) groups excluding carboxylic acids is 1. The summed E-state index contributed by atoms with van der Waals surface area (Å²) in [5.41, 5.74) is 5.02. The predicted molar refractivity (Wildman–Crippen MR) is 125 cm³/mol. The third-order valence-electron chi connectivity index (χ3n) is 4.87. The van der Waals surface area contributed by atoms with Gasteiger partial charge in [-0.25, -0.2) is 9.97 Å². The highest BCUT2D eigenvalue weighted by molar-refractivity contribution is 6.01. The summed E-state index contributed by atoms with van der Waals surface area (Å²) in [4.78, 5) is 22.0. The van der Waals surface area contributed by atoms with E-state index in [1.54, 1.807) is 25.3 Å². The molecule has 3 aromatic carbocycles. The average molecular weight is 420 g/mol. The molecular formula is C26H20N4O2. The maximum atomic E-state index is 12.5. The van der Waals surface area contributed by atoms with Crippen molar-refractivity contribution in [1.82, 2.24) is 15.3 Å². The van der Waals surface area contributed by atoms with Crippen LogP contribution in [0.15, 0.2) is 84.9 Å². The van der Waals surface area contributed by atoms with Crippen molar-refractivity contribution in [1.29, 1.82) is 0 Å². The van der Waals surface area contributed by atoms with E-state index in [1.807, 2.05) is 72.8 Å². The van der Waals surface area contributed by atoms with E-state index in [-0.39, 0.29) is 5.91 Å². The fourth-order valence-corrected chi connectivity index (χ4v) is 3.30. The van der Waals surface area contributed by atoms with Crippen molar-refractivity contribution in [3.8, 4) is 46.1 Å². The maximum absolute atomic E-state index is 12.5. The molecule has 3 N–H and O–H groups in total. The van der Waals surface area contributed by atoms with Crippen LogP contribution in [0.4, 0.5) is 5.69 Å². The number of aromatic nitrogens is 2. The van der Waals surface area contributed by atoms with Gasteiger partial charge in [0.15, 0.2) is 5.82 Å². The molecule has 0 radical (unpaired) electrons. The molecule has 6 nitrogen and oxygen atoms in total. The number of hydrogen-bond donors (Lipinski definition) is 3. The first-order valence-corrected chi connectivity index (χ1v) is 9.96. The molecule has 0 saturated heterocycles. The molecule has 4 rings (SSSR count). The molecule has 0 fully saturated rings. The monoisotopic (exact) mass is 420 g/mol. The van der Waals surface area contributed by atoms with Crippen LogP contribution >= 0.6 is 0 Å². The first-order valence-electron chi connectivity index (χ1n) is 9.96. The van der Waals surface area contributed by atoms with Crippen molar-refractivity contribution in [3.05, 3.63) is 90.5 Å². The summed E-state index contributed by atoms with van der Waals surface area (Å²) in [5, 5.41) is 14.1. The fraction of sp³-hybridized carbons (Fsp3) is 0.0385. The van der Waals surface area contributed by atoms with E-state index < -0.39 is 0 Å². The molecule has 0 unspecified atom stereocenters. The van der Waals surface area contributed by atoms with E-state index in [1.165, 1.54) is 0 Å². The van der Waals surface area contributed by atoms with Crippen LogP contribution in [0.25, 0.3) is 33.9 Å². The first kappa shape index (κ1) is 20.6. The number of rotatable bonds is 5. The minimum Gasteiger partial charge on any atom is -0.461 e. The van der Waals surface area contributed by atoms with Crippen LogP contribution < -0.4 is 10.6 Å². The summed E-state index contributed by atoms with van der Waals surface area (Å²) in [6.07, 6.45) is 1.78. The van der Waals surface area contributed by atoms with Crippen molar-refractivity contribution in [3.63, 3.8) is 0 Å². The SMILES string of the molecule is CNC(=O)c1cc(-c2nc(-c3ccccc3)cc(-c3ccccc3)n2)ccc1NC#CO. The fourth-order valence-electron chi connectivity index (χ4n) is 3.30. The molecule has 1 amide bonds. The number of nitrogens with zero attached hydrogens (tertiary/aromatic N) is 2. The summed E-state index contributed by atoms with van der Waals surface area (Å²) >= 11 is 0. The molecule has 4 aromatic rings. The molecule has 156 valence electrons. The minimum atomic E-state index is -0.295. The van der Waals surface area contributed by atoms with Gasteiger partial charge in [0.05, 0.1) is 28.7 Å². The lowest BCUT2D eigenvalue weighted by atomic mass is 10.0. The van der Waals surface area contributed by atoms with Gasteiger partial charge >= 0.3 is 0 Å². The summed E-state index contributed by atoms with van der Waals surface area (Å²) in [5.74, 6) is 0.201. The highest BCUT2D eigenvalue weighted by Gasteiger charge is 2.15. The normalized spacial score (nSPS) is 10.0. The van der Waals surface area contributed by atoms with Crippen molar-refractivity contribution < 1.29 is 9.90 Å². The zero-order valence-electron chi connectivity index (χ0n) is 17.3. The predicted octanol–water partition coefficient (Wildman–Crippen LogP) is 4.54. The maximum Gasteiger partial charge on any atom is 0.253 e. The Kier molecular flexibility index (Phi) is 6.10. The van der Waals surface area contributed by atoms with E-state index in [0.717, 1.165) is 22.5 Å². The lowest BCUT2D eigenvalue weighted by molar-refractivity contribution is 0.0964. The highest BCUT2D eigenvalue weighted by Crippen LogP contribution is 2.29. The number of anilines is 1. The second-order valence-electron chi connectivity index (χ2n) is 6.90. The Labute approximate surface area is 186 Å². The smallest absolute Gasteiger partial charge is 0.253 e. The number of benzene rings is 3. The first-order chi connectivity index (χ1) is 15.7. The molecule has 32 heavy (non-hydrogen) atoms. The number of nitrogens with one attached hydrogen (secondary N) is 2. The van der Waals surface area contributed by atoms with Gasteiger partial charge in [0.2, 0.25) is 0 Å². The van der Waals surface area contributed by atoms with Crippen LogP contribution in [0, 0.1) is 12.2 Å². The van der Waals surface area contributed by atoms with E-state index in [2.05, 4.69) is 16.7 Å². The molecule has 0 aliphatic heterocycles. The summed E-state index contributed by atoms with van der Waals surface area (Å²) in [6.45, 7) is 0. The van der Waals surface area contributed by atoms with Gasteiger partial charge in [0.1, 0.15) is 6.11 Å². The van der Waals surface area contributed by atoms with Crippen LogP contribution in [0.1, 0.15) is 10.4 Å². The van der Waals surface area contributed by atoms with Gasteiger partial charge in [-0.2, -0.15) is 0 Å². The second-order valence-corrected chi connectivity index (χ2v) is 6.90. The summed E-state index contributed by atoms with van der Waals surface area (Å²) < 4.78 is 0. The van der Waals surface area contributed by atoms with Gasteiger partial charge < -0.3 is 15.7 Å². The molecule has 0 bridgehead atoms. The third kappa shape index (κ3) is 4.42. The number of aliphatic hydroxyl groups is 1. The van der Waals surface area contributed by atoms with Gasteiger partial charge in [-0.05, 0) is 24.3 Å². The topological polar surface area (TPSA) is 87.1 Å². The molecule has 0 spiro atoms. The largest absolute Gasteiger partial charge is 0.461 e. The molecule has 0 aliphatic rings. The molecule has 6 heteroatoms. The number of amides is 1. The lowest BCUT2D eigenvalue weighted by Crippen LogP contribution is -2.19. The quantitative estimate of drug-likeness (QED) is 0.326. The number of aliphatic hydroxyl groups excluding tert-OH is 1. The van der Waals surface area contributed by atoms with Gasteiger partial charge in [-0.15, -0.1) is 0 Å². The standard InChI is InChI=1S/C26H20N4O2/c1-27-26(32)21-16-20(12-13-22(21)28-14-15-31)25-29-23(18-8-4-2-5-9-18)17-24(30-25)19-10-6-3-7-11-19/h2-13,16-17,28,31H,1H3,(H,27,32). The Morgan fingerprint density at radius 2 is 1.41 bits per heavy atom. The molecular weight excluding hydrogens is 400 g/mol. The summed E-state index contributed by atoms with van der Waals surface area (Å²) in [7, 11) is 1.55. The Bertz CT molecular complexity index is 1250. The Balaban J connectivity index is 1.89. The second kappa shape index (κ2) is 9.45. The lowest BCUT2D eigenvalue weighted by Gasteiger charge is -2.12. The zero-order valence-corrected chi connectivity index (χ0v) is 17.3. The van der Waals surface area contributed by atoms with E-state index >= 15 is 0 Å². The highest BCUT2D eigenvalue weighted by atomic mass is 16.2. The van der Waals surface area contributed by atoms with E-state index in [4.69, 9.17) is 15.1 Å². The molecule has 1 heterocycles. The minimum absolute atomic E-state index is 0.295.